The van der Waals surface area contributed by atoms with Crippen LogP contribution in [0.15, 0.2) is 30.0 Å². The molecule has 0 aliphatic rings. The fraction of sp³-hybridized carbons (Fsp3) is 0.273. The molecule has 15 heavy (non-hydrogen) atoms. The van der Waals surface area contributed by atoms with Gasteiger partial charge in [0.15, 0.2) is 5.78 Å². The Morgan fingerprint density at radius 1 is 1.60 bits per heavy atom. The number of ketones is 1. The lowest BCUT2D eigenvalue weighted by Crippen LogP contribution is -2.05. The molecule has 0 aliphatic heterocycles. The van der Waals surface area contributed by atoms with Crippen LogP contribution in [0.5, 0.6) is 0 Å². The molecular weight excluding hydrogens is 208 g/mol. The van der Waals surface area contributed by atoms with Crippen molar-refractivity contribution in [2.24, 2.45) is 7.05 Å². The van der Waals surface area contributed by atoms with Gasteiger partial charge in [0.2, 0.25) is 0 Å². The third-order valence-electron chi connectivity index (χ3n) is 2.28. The van der Waals surface area contributed by atoms with Gasteiger partial charge in [-0.15, -0.1) is 11.3 Å². The van der Waals surface area contributed by atoms with E-state index in [0.717, 1.165) is 6.42 Å². The van der Waals surface area contributed by atoms with Crippen LogP contribution in [0.1, 0.15) is 21.8 Å². The van der Waals surface area contributed by atoms with Gasteiger partial charge in [0.25, 0.3) is 0 Å². The Morgan fingerprint density at radius 2 is 2.47 bits per heavy atom. The van der Waals surface area contributed by atoms with Crippen LogP contribution in [0, 0.1) is 0 Å². The van der Waals surface area contributed by atoms with Crippen LogP contribution >= 0.6 is 11.3 Å². The highest BCUT2D eigenvalue weighted by atomic mass is 32.1. The van der Waals surface area contributed by atoms with Crippen molar-refractivity contribution in [2.45, 2.75) is 12.8 Å². The molecule has 2 aromatic heterocycles. The van der Waals surface area contributed by atoms with E-state index in [1.165, 1.54) is 4.88 Å². The first kappa shape index (κ1) is 10.1. The number of Topliss-reactive ketones (excluding diaryl/α,β-unsaturated/α-hetero) is 1. The van der Waals surface area contributed by atoms with E-state index >= 15 is 0 Å². The summed E-state index contributed by atoms with van der Waals surface area (Å²) in [7, 11) is 1.84. The van der Waals surface area contributed by atoms with Crippen molar-refractivity contribution in [1.29, 1.82) is 0 Å². The van der Waals surface area contributed by atoms with E-state index in [9.17, 15) is 4.79 Å². The van der Waals surface area contributed by atoms with Crippen molar-refractivity contribution in [1.82, 2.24) is 9.55 Å². The predicted molar refractivity (Wildman–Crippen MR) is 60.2 cm³/mol. The molecule has 0 amide bonds. The summed E-state index contributed by atoms with van der Waals surface area (Å²) < 4.78 is 1.76. The third kappa shape index (κ3) is 2.33. The fourth-order valence-electron chi connectivity index (χ4n) is 1.45. The summed E-state index contributed by atoms with van der Waals surface area (Å²) in [6.45, 7) is 0. The molecule has 2 heterocycles. The standard InChI is InChI=1S/C11H12N2OS/c1-13-8-12-7-10(13)11(14)5-4-9-3-2-6-15-9/h2-3,6-8H,4-5H2,1H3. The second-order valence-electron chi connectivity index (χ2n) is 3.39. The first-order valence-corrected chi connectivity index (χ1v) is 5.67. The van der Waals surface area contributed by atoms with Gasteiger partial charge in [-0.1, -0.05) is 6.07 Å². The SMILES string of the molecule is Cn1cncc1C(=O)CCc1cccs1. The summed E-state index contributed by atoms with van der Waals surface area (Å²) >= 11 is 1.69. The lowest BCUT2D eigenvalue weighted by atomic mass is 10.1. The average molecular weight is 220 g/mol. The molecular formula is C11H12N2OS. The molecule has 0 fully saturated rings. The number of aromatic nitrogens is 2. The molecule has 3 nitrogen and oxygen atoms in total. The highest BCUT2D eigenvalue weighted by Gasteiger charge is 2.09. The van der Waals surface area contributed by atoms with E-state index in [1.54, 1.807) is 28.4 Å². The molecule has 0 unspecified atom stereocenters. The second-order valence-corrected chi connectivity index (χ2v) is 4.42. The van der Waals surface area contributed by atoms with Crippen LogP contribution < -0.4 is 0 Å². The summed E-state index contributed by atoms with van der Waals surface area (Å²) in [4.78, 5) is 17.0. The molecule has 0 saturated carbocycles. The van der Waals surface area contributed by atoms with Crippen LogP contribution in [-0.2, 0) is 13.5 Å². The van der Waals surface area contributed by atoms with Crippen molar-refractivity contribution in [3.8, 4) is 0 Å². The number of imidazole rings is 1. The van der Waals surface area contributed by atoms with Crippen molar-refractivity contribution in [2.75, 3.05) is 0 Å². The molecule has 4 heteroatoms. The second kappa shape index (κ2) is 4.40. The highest BCUT2D eigenvalue weighted by molar-refractivity contribution is 7.09. The van der Waals surface area contributed by atoms with E-state index in [-0.39, 0.29) is 5.78 Å². The van der Waals surface area contributed by atoms with Crippen LogP contribution in [0.2, 0.25) is 0 Å². The Morgan fingerprint density at radius 3 is 3.07 bits per heavy atom. The van der Waals surface area contributed by atoms with Gasteiger partial charge in [-0.05, 0) is 17.9 Å². The number of rotatable bonds is 4. The summed E-state index contributed by atoms with van der Waals surface area (Å²) in [6.07, 6.45) is 4.65. The number of aryl methyl sites for hydroxylation is 2. The first-order valence-electron chi connectivity index (χ1n) is 4.79. The maximum Gasteiger partial charge on any atom is 0.181 e. The minimum Gasteiger partial charge on any atom is -0.331 e. The molecule has 2 aromatic rings. The lowest BCUT2D eigenvalue weighted by Gasteiger charge is -2.00. The van der Waals surface area contributed by atoms with Gasteiger partial charge >= 0.3 is 0 Å². The molecule has 0 saturated heterocycles. The Bertz CT molecular complexity index is 445. The molecule has 0 aliphatic carbocycles. The van der Waals surface area contributed by atoms with Gasteiger partial charge in [-0.25, -0.2) is 4.98 Å². The van der Waals surface area contributed by atoms with Crippen LogP contribution in [0.25, 0.3) is 0 Å². The first-order chi connectivity index (χ1) is 7.27. The summed E-state index contributed by atoms with van der Waals surface area (Å²) in [5, 5.41) is 2.03. The monoisotopic (exact) mass is 220 g/mol. The van der Waals surface area contributed by atoms with Gasteiger partial charge in [0, 0.05) is 18.3 Å². The number of hydrogen-bond acceptors (Lipinski definition) is 3. The Kier molecular flexibility index (Phi) is 2.97. The smallest absolute Gasteiger partial charge is 0.181 e. The number of nitrogens with zero attached hydrogens (tertiary/aromatic N) is 2. The maximum absolute atomic E-state index is 11.8. The van der Waals surface area contributed by atoms with Crippen molar-refractivity contribution in [3.05, 3.63) is 40.6 Å². The highest BCUT2D eigenvalue weighted by Crippen LogP contribution is 2.12. The molecule has 0 bridgehead atoms. The van der Waals surface area contributed by atoms with E-state index in [2.05, 4.69) is 11.1 Å². The number of carbonyl (C=O) groups is 1. The van der Waals surface area contributed by atoms with Gasteiger partial charge in [-0.2, -0.15) is 0 Å². The third-order valence-corrected chi connectivity index (χ3v) is 3.22. The minimum absolute atomic E-state index is 0.156. The van der Waals surface area contributed by atoms with Gasteiger partial charge in [0.1, 0.15) is 5.69 Å². The molecule has 0 spiro atoms. The van der Waals surface area contributed by atoms with Crippen molar-refractivity contribution < 1.29 is 4.79 Å². The zero-order chi connectivity index (χ0) is 10.7. The Labute approximate surface area is 92.4 Å². The topological polar surface area (TPSA) is 34.9 Å². The van der Waals surface area contributed by atoms with Crippen LogP contribution in [0.3, 0.4) is 0 Å². The Balaban J connectivity index is 1.96. The zero-order valence-corrected chi connectivity index (χ0v) is 9.33. The van der Waals surface area contributed by atoms with Gasteiger partial charge in [-0.3, -0.25) is 4.79 Å². The summed E-state index contributed by atoms with van der Waals surface area (Å²) in [6, 6.07) is 4.07. The van der Waals surface area contributed by atoms with Crippen molar-refractivity contribution in [3.63, 3.8) is 0 Å². The zero-order valence-electron chi connectivity index (χ0n) is 8.51. The molecule has 2 rings (SSSR count). The van der Waals surface area contributed by atoms with Crippen molar-refractivity contribution >= 4 is 17.1 Å². The molecule has 0 aromatic carbocycles. The lowest BCUT2D eigenvalue weighted by molar-refractivity contribution is 0.0975. The van der Waals surface area contributed by atoms with E-state index < -0.39 is 0 Å². The average Bonchev–Trinajstić information content (AvgIpc) is 2.84. The molecule has 0 atom stereocenters. The summed E-state index contributed by atoms with van der Waals surface area (Å²) in [5.74, 6) is 0.156. The minimum atomic E-state index is 0.156. The molecule has 78 valence electrons. The normalized spacial score (nSPS) is 10.5. The number of thiophene rings is 1. The van der Waals surface area contributed by atoms with E-state index in [4.69, 9.17) is 0 Å². The van der Waals surface area contributed by atoms with Gasteiger partial charge < -0.3 is 4.57 Å². The largest absolute Gasteiger partial charge is 0.331 e. The van der Waals surface area contributed by atoms with Gasteiger partial charge in [0.05, 0.1) is 12.5 Å². The quantitative estimate of drug-likeness (QED) is 0.741. The van der Waals surface area contributed by atoms with Crippen LogP contribution in [0.4, 0.5) is 0 Å². The predicted octanol–water partition coefficient (Wildman–Crippen LogP) is 2.30. The molecule has 0 radical (unpaired) electrons. The number of carbonyl (C=O) groups excluding carboxylic acids is 1. The maximum atomic E-state index is 11.8. The molecule has 0 N–H and O–H groups in total. The van der Waals surface area contributed by atoms with E-state index in [1.807, 2.05) is 18.5 Å². The fourth-order valence-corrected chi connectivity index (χ4v) is 2.15. The Hall–Kier alpha value is -1.42. The van der Waals surface area contributed by atoms with E-state index in [0.29, 0.717) is 12.1 Å². The number of hydrogen-bond donors (Lipinski definition) is 0. The van der Waals surface area contributed by atoms with Crippen LogP contribution in [-0.4, -0.2) is 15.3 Å². The summed E-state index contributed by atoms with van der Waals surface area (Å²) in [5.41, 5.74) is 0.687.